The van der Waals surface area contributed by atoms with Crippen LogP contribution in [0.4, 0.5) is 4.79 Å². The van der Waals surface area contributed by atoms with Gasteiger partial charge < -0.3 is 21.4 Å². The Morgan fingerprint density at radius 1 is 1.17 bits per heavy atom. The van der Waals surface area contributed by atoms with Crippen LogP contribution in [0.1, 0.15) is 10.4 Å². The number of carbonyl (C=O) groups is 2. The number of urea groups is 1. The molecule has 0 fully saturated rings. The van der Waals surface area contributed by atoms with E-state index >= 15 is 0 Å². The minimum absolute atomic E-state index is 0.186. The number of nitrogens with one attached hydrogen (secondary N) is 3. The van der Waals surface area contributed by atoms with E-state index < -0.39 is 6.03 Å². The van der Waals surface area contributed by atoms with Crippen LogP contribution in [-0.4, -0.2) is 30.0 Å². The largest absolute Gasteiger partial charge is 0.361 e. The molecule has 5 N–H and O–H groups in total. The number of amides is 3. The average Bonchev–Trinajstić information content (AvgIpc) is 2.82. The molecule has 0 aliphatic rings. The van der Waals surface area contributed by atoms with Crippen LogP contribution in [0.2, 0.25) is 0 Å². The normalized spacial score (nSPS) is 10.2. The molecule has 1 aromatic carbocycles. The molecule has 2 aromatic rings. The van der Waals surface area contributed by atoms with Crippen molar-refractivity contribution in [3.8, 4) is 0 Å². The molecule has 0 aliphatic heterocycles. The zero-order valence-corrected chi connectivity index (χ0v) is 9.69. The molecule has 3 amide bonds. The van der Waals surface area contributed by atoms with E-state index in [4.69, 9.17) is 5.73 Å². The Morgan fingerprint density at radius 3 is 2.72 bits per heavy atom. The van der Waals surface area contributed by atoms with Gasteiger partial charge in [0.1, 0.15) is 0 Å². The fourth-order valence-corrected chi connectivity index (χ4v) is 1.73. The highest BCUT2D eigenvalue weighted by atomic mass is 16.2. The summed E-state index contributed by atoms with van der Waals surface area (Å²) in [6, 6.07) is 6.80. The molecule has 0 saturated carbocycles. The molecule has 0 atom stereocenters. The third-order valence-corrected chi connectivity index (χ3v) is 2.54. The van der Waals surface area contributed by atoms with E-state index in [2.05, 4.69) is 15.6 Å². The minimum atomic E-state index is -0.601. The molecule has 18 heavy (non-hydrogen) atoms. The molecule has 0 saturated heterocycles. The zero-order chi connectivity index (χ0) is 13.0. The summed E-state index contributed by atoms with van der Waals surface area (Å²) >= 11 is 0. The van der Waals surface area contributed by atoms with E-state index in [0.717, 1.165) is 10.9 Å². The number of para-hydroxylation sites is 1. The van der Waals surface area contributed by atoms with Gasteiger partial charge in [-0.1, -0.05) is 12.1 Å². The van der Waals surface area contributed by atoms with Crippen molar-refractivity contribution in [1.82, 2.24) is 15.6 Å². The molecule has 0 spiro atoms. The van der Waals surface area contributed by atoms with Crippen molar-refractivity contribution < 1.29 is 9.59 Å². The first-order valence-electron chi connectivity index (χ1n) is 5.56. The van der Waals surface area contributed by atoms with Crippen molar-refractivity contribution in [3.05, 3.63) is 36.0 Å². The van der Waals surface area contributed by atoms with Gasteiger partial charge in [0.05, 0.1) is 11.1 Å². The van der Waals surface area contributed by atoms with E-state index in [1.165, 1.54) is 0 Å². The standard InChI is InChI=1S/C12H14N4O2/c13-12(18)16-7-6-15-11(17)9-3-1-2-8-4-5-14-10(8)9/h1-5,14H,6-7H2,(H,15,17)(H3,13,16,18). The molecule has 6 nitrogen and oxygen atoms in total. The lowest BCUT2D eigenvalue weighted by molar-refractivity contribution is 0.0955. The summed E-state index contributed by atoms with van der Waals surface area (Å²) in [5.41, 5.74) is 6.30. The molecule has 0 radical (unpaired) electrons. The van der Waals surface area contributed by atoms with Crippen LogP contribution in [0.3, 0.4) is 0 Å². The highest BCUT2D eigenvalue weighted by Gasteiger charge is 2.09. The van der Waals surface area contributed by atoms with Gasteiger partial charge in [0.15, 0.2) is 0 Å². The fourth-order valence-electron chi connectivity index (χ4n) is 1.73. The lowest BCUT2D eigenvalue weighted by Gasteiger charge is -2.06. The van der Waals surface area contributed by atoms with Crippen molar-refractivity contribution in [2.24, 2.45) is 5.73 Å². The number of H-pyrrole nitrogens is 1. The number of nitrogens with two attached hydrogens (primary N) is 1. The van der Waals surface area contributed by atoms with E-state index in [1.807, 2.05) is 18.2 Å². The Hall–Kier alpha value is -2.50. The lowest BCUT2D eigenvalue weighted by Crippen LogP contribution is -2.37. The molecule has 2 rings (SSSR count). The first-order valence-corrected chi connectivity index (χ1v) is 5.56. The summed E-state index contributed by atoms with van der Waals surface area (Å²) in [6.07, 6.45) is 1.79. The smallest absolute Gasteiger partial charge is 0.312 e. The van der Waals surface area contributed by atoms with Gasteiger partial charge in [-0.2, -0.15) is 0 Å². The predicted molar refractivity (Wildman–Crippen MR) is 68.2 cm³/mol. The van der Waals surface area contributed by atoms with Crippen molar-refractivity contribution in [2.75, 3.05) is 13.1 Å². The lowest BCUT2D eigenvalue weighted by atomic mass is 10.1. The van der Waals surface area contributed by atoms with Gasteiger partial charge in [0.2, 0.25) is 0 Å². The van der Waals surface area contributed by atoms with Crippen molar-refractivity contribution in [2.45, 2.75) is 0 Å². The zero-order valence-electron chi connectivity index (χ0n) is 9.69. The number of primary amides is 1. The van der Waals surface area contributed by atoms with Gasteiger partial charge in [-0.3, -0.25) is 4.79 Å². The van der Waals surface area contributed by atoms with Gasteiger partial charge in [0.25, 0.3) is 5.91 Å². The van der Waals surface area contributed by atoms with Gasteiger partial charge >= 0.3 is 6.03 Å². The Labute approximate surface area is 104 Å². The number of carbonyl (C=O) groups excluding carboxylic acids is 2. The number of rotatable bonds is 4. The summed E-state index contributed by atoms with van der Waals surface area (Å²) in [7, 11) is 0. The predicted octanol–water partition coefficient (Wildman–Crippen LogP) is 0.566. The maximum Gasteiger partial charge on any atom is 0.312 e. The second-order valence-corrected chi connectivity index (χ2v) is 3.79. The van der Waals surface area contributed by atoms with Gasteiger partial charge in [-0.25, -0.2) is 4.79 Å². The number of fused-ring (bicyclic) bond motifs is 1. The average molecular weight is 246 g/mol. The molecule has 0 unspecified atom stereocenters. The molecule has 94 valence electrons. The maximum atomic E-state index is 11.9. The van der Waals surface area contributed by atoms with Crippen LogP contribution in [-0.2, 0) is 0 Å². The van der Waals surface area contributed by atoms with E-state index in [0.29, 0.717) is 18.7 Å². The number of hydrogen-bond donors (Lipinski definition) is 4. The molecule has 0 bridgehead atoms. The van der Waals surface area contributed by atoms with Crippen LogP contribution in [0.15, 0.2) is 30.5 Å². The number of benzene rings is 1. The number of aromatic nitrogens is 1. The monoisotopic (exact) mass is 246 g/mol. The SMILES string of the molecule is NC(=O)NCCNC(=O)c1cccc2cc[nH]c12. The molecular formula is C12H14N4O2. The van der Waals surface area contributed by atoms with Gasteiger partial charge in [0, 0.05) is 24.7 Å². The molecule has 1 heterocycles. The Balaban J connectivity index is 2.00. The van der Waals surface area contributed by atoms with Crippen LogP contribution in [0.25, 0.3) is 10.9 Å². The van der Waals surface area contributed by atoms with Crippen LogP contribution in [0.5, 0.6) is 0 Å². The highest BCUT2D eigenvalue weighted by Crippen LogP contribution is 2.16. The molecular weight excluding hydrogens is 232 g/mol. The quantitative estimate of drug-likeness (QED) is 0.593. The third-order valence-electron chi connectivity index (χ3n) is 2.54. The molecule has 0 aliphatic carbocycles. The second-order valence-electron chi connectivity index (χ2n) is 3.79. The van der Waals surface area contributed by atoms with Gasteiger partial charge in [-0.15, -0.1) is 0 Å². The Morgan fingerprint density at radius 2 is 1.94 bits per heavy atom. The maximum absolute atomic E-state index is 11.9. The highest BCUT2D eigenvalue weighted by molar-refractivity contribution is 6.05. The Kier molecular flexibility index (Phi) is 3.47. The summed E-state index contributed by atoms with van der Waals surface area (Å²) in [6.45, 7) is 0.640. The van der Waals surface area contributed by atoms with E-state index in [9.17, 15) is 9.59 Å². The topological polar surface area (TPSA) is 100 Å². The molecule has 6 heteroatoms. The van der Waals surface area contributed by atoms with Crippen molar-refractivity contribution in [1.29, 1.82) is 0 Å². The fraction of sp³-hybridized carbons (Fsp3) is 0.167. The first kappa shape index (κ1) is 12.0. The van der Waals surface area contributed by atoms with E-state index in [-0.39, 0.29) is 5.91 Å². The van der Waals surface area contributed by atoms with Gasteiger partial charge in [-0.05, 0) is 12.1 Å². The third kappa shape index (κ3) is 2.60. The van der Waals surface area contributed by atoms with Crippen LogP contribution >= 0.6 is 0 Å². The minimum Gasteiger partial charge on any atom is -0.361 e. The summed E-state index contributed by atoms with van der Waals surface area (Å²) in [4.78, 5) is 25.4. The van der Waals surface area contributed by atoms with Crippen molar-refractivity contribution in [3.63, 3.8) is 0 Å². The number of hydrogen-bond acceptors (Lipinski definition) is 2. The van der Waals surface area contributed by atoms with Crippen molar-refractivity contribution >= 4 is 22.8 Å². The summed E-state index contributed by atoms with van der Waals surface area (Å²) in [5.74, 6) is -0.186. The second kappa shape index (κ2) is 5.22. The molecule has 1 aromatic heterocycles. The first-order chi connectivity index (χ1) is 8.68. The van der Waals surface area contributed by atoms with Crippen LogP contribution < -0.4 is 16.4 Å². The summed E-state index contributed by atoms with van der Waals surface area (Å²) in [5, 5.41) is 6.09. The number of aromatic amines is 1. The Bertz CT molecular complexity index is 576. The van der Waals surface area contributed by atoms with Crippen LogP contribution in [0, 0.1) is 0 Å². The summed E-state index contributed by atoms with van der Waals surface area (Å²) < 4.78 is 0. The van der Waals surface area contributed by atoms with E-state index in [1.54, 1.807) is 12.3 Å².